The number of nitrogens with zero attached hydrogens (tertiary/aromatic N) is 8. The number of carbonyl (C=O) groups is 11. The van der Waals surface area contributed by atoms with Crippen LogP contribution in [0.5, 0.6) is 0 Å². The Kier molecular flexibility index (Phi) is 37.7. The van der Waals surface area contributed by atoms with Crippen molar-refractivity contribution in [3.05, 3.63) is 12.2 Å². The van der Waals surface area contributed by atoms with Crippen LogP contribution >= 0.6 is 11.8 Å². The monoisotopic (exact) mass is 1420 g/mol. The van der Waals surface area contributed by atoms with E-state index in [0.717, 1.165) is 4.90 Å². The van der Waals surface area contributed by atoms with Gasteiger partial charge in [-0.15, -0.1) is 11.8 Å². The fourth-order valence-electron chi connectivity index (χ4n) is 12.6. The summed E-state index contributed by atoms with van der Waals surface area (Å²) in [5.41, 5.74) is -1.05. The molecule has 0 aromatic carbocycles. The number of ether oxygens (including phenoxy) is 2. The van der Waals surface area contributed by atoms with E-state index in [-0.39, 0.29) is 49.9 Å². The van der Waals surface area contributed by atoms with Crippen molar-refractivity contribution in [3.63, 3.8) is 0 Å². The first-order valence-corrected chi connectivity index (χ1v) is 36.9. The highest BCUT2D eigenvalue weighted by Crippen LogP contribution is 2.29. The largest absolute Gasteiger partial charge is 0.390 e. The summed E-state index contributed by atoms with van der Waals surface area (Å²) in [7, 11) is 11.6. The number of amides is 11. The van der Waals surface area contributed by atoms with E-state index < -0.39 is 160 Å². The Morgan fingerprint density at radius 1 is 0.566 bits per heavy atom. The van der Waals surface area contributed by atoms with Gasteiger partial charge in [0.15, 0.2) is 5.37 Å². The average molecular weight is 1420 g/mol. The van der Waals surface area contributed by atoms with Crippen LogP contribution in [0.4, 0.5) is 0 Å². The molecule has 2 rings (SSSR count). The molecule has 2 saturated heterocycles. The Bertz CT molecular complexity index is 2690. The van der Waals surface area contributed by atoms with Crippen molar-refractivity contribution in [1.82, 2.24) is 60.5 Å². The average Bonchev–Trinajstić information content (AvgIpc) is 0.810. The SMILES string of the molecule is C/C=C/C[C@@H](C)[C@@H](O)[C@H]1C(=O)N[C@H](CCC)C(=O)N(C)[C@H](SCCCN2CCOCC2)C(=O)N(C)[C@@H](CC(C)(C)OC)C(=O)N[C@H](C(C)C)C(=O)N(C)[C@H](CCC(C)C)C(=O)N[C@H](C)C(=O)N[C@@H](C)C(=O)N(C)[C@@H](CC(C)C)C(=O)N(C)[C@H](CC(C)C)C(=O)N(C)[C@H](C(C)C)C(=O)N1C. The van der Waals surface area contributed by atoms with Crippen molar-refractivity contribution in [2.45, 2.75) is 253 Å². The third-order valence-corrected chi connectivity index (χ3v) is 20.6. The molecule has 0 aliphatic carbocycles. The minimum Gasteiger partial charge on any atom is -0.390 e. The zero-order valence-corrected chi connectivity index (χ0v) is 65.7. The molecular weight excluding hydrogens is 1290 g/mol. The van der Waals surface area contributed by atoms with Gasteiger partial charge in [0, 0.05) is 76.0 Å². The topological polar surface area (TPSA) is 300 Å². The zero-order chi connectivity index (χ0) is 75.8. The Hall–Kier alpha value is -5.90. The second kappa shape index (κ2) is 41.9. The Labute approximate surface area is 597 Å². The van der Waals surface area contributed by atoms with Crippen molar-refractivity contribution in [1.29, 1.82) is 0 Å². The van der Waals surface area contributed by atoms with Gasteiger partial charge in [-0.25, -0.2) is 0 Å². The lowest BCUT2D eigenvalue weighted by Crippen LogP contribution is -2.64. The molecular formula is C72H130N12O14S. The molecule has 0 spiro atoms. The van der Waals surface area contributed by atoms with Gasteiger partial charge in [-0.1, -0.05) is 102 Å². The molecule has 0 unspecified atom stereocenters. The van der Waals surface area contributed by atoms with Crippen LogP contribution in [0.3, 0.4) is 0 Å². The van der Waals surface area contributed by atoms with E-state index in [0.29, 0.717) is 64.3 Å². The molecule has 0 saturated carbocycles. The van der Waals surface area contributed by atoms with Crippen LogP contribution in [0.25, 0.3) is 0 Å². The number of methoxy groups -OCH3 is 1. The first kappa shape index (κ1) is 89.2. The van der Waals surface area contributed by atoms with Gasteiger partial charge in [0.25, 0.3) is 5.91 Å². The van der Waals surface area contributed by atoms with Gasteiger partial charge in [0.2, 0.25) is 59.1 Å². The van der Waals surface area contributed by atoms with Gasteiger partial charge in [0.1, 0.15) is 60.4 Å². The fraction of sp³-hybridized carbons (Fsp3) is 0.819. The van der Waals surface area contributed by atoms with Gasteiger partial charge in [-0.2, -0.15) is 0 Å². The molecule has 27 heteroatoms. The van der Waals surface area contributed by atoms with Crippen molar-refractivity contribution in [2.75, 3.05) is 95.0 Å². The quantitative estimate of drug-likeness (QED) is 0.0690. The lowest BCUT2D eigenvalue weighted by atomic mass is 9.91. The summed E-state index contributed by atoms with van der Waals surface area (Å²) in [6.45, 7) is 33.4. The lowest BCUT2D eigenvalue weighted by molar-refractivity contribution is -0.157. The number of hydrogen-bond donors (Lipinski definition) is 5. The Morgan fingerprint density at radius 2 is 1.07 bits per heavy atom. The zero-order valence-electron chi connectivity index (χ0n) is 64.9. The smallest absolute Gasteiger partial charge is 0.256 e. The molecule has 26 nitrogen and oxygen atoms in total. The molecule has 99 heavy (non-hydrogen) atoms. The Balaban J connectivity index is 3.18. The van der Waals surface area contributed by atoms with Gasteiger partial charge in [0.05, 0.1) is 24.9 Å². The predicted molar refractivity (Wildman–Crippen MR) is 387 cm³/mol. The number of carbonyl (C=O) groups excluding carboxylic acids is 11. The van der Waals surface area contributed by atoms with E-state index >= 15 is 38.4 Å². The van der Waals surface area contributed by atoms with Crippen molar-refractivity contribution in [2.24, 2.45) is 35.5 Å². The third kappa shape index (κ3) is 26.1. The molecule has 568 valence electrons. The summed E-state index contributed by atoms with van der Waals surface area (Å²) < 4.78 is 11.5. The molecule has 0 radical (unpaired) electrons. The number of morpholine rings is 1. The van der Waals surface area contributed by atoms with E-state index in [1.807, 2.05) is 61.5 Å². The molecule has 0 bridgehead atoms. The lowest BCUT2D eigenvalue weighted by Gasteiger charge is -2.41. The van der Waals surface area contributed by atoms with Crippen LogP contribution in [-0.2, 0) is 62.2 Å². The molecule has 2 aliphatic heterocycles. The van der Waals surface area contributed by atoms with Crippen LogP contribution < -0.4 is 21.3 Å². The van der Waals surface area contributed by atoms with E-state index in [1.165, 1.54) is 111 Å². The standard InChI is InChI=1S/C72H130N12O14S/c1-26-28-31-48(13)59(85)58-63(89)75-51(30-27-2)65(91)83(24)71(99-39-29-34-84-35-37-98-38-36-84)70(96)80(21)55(42-72(16,17)97-25)62(88)76-56(46(9)10)68(94)77(18)52(33-32-43(3)4)61(87)73-49(14)60(86)74-50(15)64(90)78(19)53(40-44(5)6)66(92)79(20)54(41-45(7)8)67(93)81(22)57(47(11)12)69(95)82(58)23/h26,28,43-59,71,85H,27,29-42H2,1-25H3,(H,73,87)(H,74,86)(H,75,89)(H,76,88)/b28-26+/t48-,49-,50+,51-,52-,53+,54-,55+,56-,57-,58+,59-,71-/m1/s1. The fourth-order valence-corrected chi connectivity index (χ4v) is 13.7. The number of aliphatic hydroxyl groups is 1. The molecule has 11 amide bonds. The van der Waals surface area contributed by atoms with E-state index in [9.17, 15) is 19.5 Å². The third-order valence-electron chi connectivity index (χ3n) is 19.2. The minimum absolute atomic E-state index is 0.0540. The minimum atomic E-state index is -1.65. The predicted octanol–water partition coefficient (Wildman–Crippen LogP) is 4.60. The molecule has 0 aromatic rings. The second-order valence-corrected chi connectivity index (χ2v) is 31.3. The van der Waals surface area contributed by atoms with Gasteiger partial charge in [-0.05, 0) is 127 Å². The Morgan fingerprint density at radius 3 is 1.58 bits per heavy atom. The first-order chi connectivity index (χ1) is 46.0. The van der Waals surface area contributed by atoms with E-state index in [2.05, 4.69) is 26.2 Å². The highest BCUT2D eigenvalue weighted by molar-refractivity contribution is 8.00. The number of rotatable bonds is 23. The molecule has 2 aliphatic rings. The maximum Gasteiger partial charge on any atom is 0.256 e. The summed E-state index contributed by atoms with van der Waals surface area (Å²) in [5.74, 6) is -9.29. The van der Waals surface area contributed by atoms with Crippen molar-refractivity contribution >= 4 is 76.7 Å². The van der Waals surface area contributed by atoms with Crippen molar-refractivity contribution in [3.8, 4) is 0 Å². The number of aliphatic hydroxyl groups excluding tert-OH is 1. The summed E-state index contributed by atoms with van der Waals surface area (Å²) >= 11 is 1.18. The van der Waals surface area contributed by atoms with Gasteiger partial charge >= 0.3 is 0 Å². The number of allylic oxidation sites excluding steroid dienone is 2. The van der Waals surface area contributed by atoms with Crippen LogP contribution in [0, 0.1) is 35.5 Å². The maximum atomic E-state index is 15.6. The molecule has 0 aromatic heterocycles. The van der Waals surface area contributed by atoms with Crippen molar-refractivity contribution < 1.29 is 67.3 Å². The summed E-state index contributed by atoms with van der Waals surface area (Å²) in [6, 6.07) is -12.9. The molecule has 2 fully saturated rings. The number of thioether (sulfide) groups is 1. The van der Waals surface area contributed by atoms with E-state index in [1.54, 1.807) is 54.5 Å². The number of likely N-dealkylation sites (N-methyl/N-ethyl adjacent to an activating group) is 7. The molecule has 13 atom stereocenters. The highest BCUT2D eigenvalue weighted by atomic mass is 32.2. The number of nitrogens with one attached hydrogen (secondary N) is 4. The van der Waals surface area contributed by atoms with Crippen LogP contribution in [0.1, 0.15) is 175 Å². The molecule has 2 heterocycles. The van der Waals surface area contributed by atoms with Crippen LogP contribution in [0.2, 0.25) is 0 Å². The number of hydrogen-bond acceptors (Lipinski definition) is 16. The summed E-state index contributed by atoms with van der Waals surface area (Å²) in [6.07, 6.45) is 4.20. The van der Waals surface area contributed by atoms with Crippen LogP contribution in [0.15, 0.2) is 12.2 Å². The van der Waals surface area contributed by atoms with E-state index in [4.69, 9.17) is 9.47 Å². The normalized spacial score (nSPS) is 26.8. The van der Waals surface area contributed by atoms with Gasteiger partial charge < -0.3 is 70.1 Å². The highest BCUT2D eigenvalue weighted by Gasteiger charge is 2.47. The second-order valence-electron chi connectivity index (χ2n) is 30.1. The molecule has 5 N–H and O–H groups in total. The van der Waals surface area contributed by atoms with Crippen LogP contribution in [-0.4, -0.2) is 282 Å². The summed E-state index contributed by atoms with van der Waals surface area (Å²) in [4.78, 5) is 177. The summed E-state index contributed by atoms with van der Waals surface area (Å²) in [5, 5.41) is 22.4. The van der Waals surface area contributed by atoms with Gasteiger partial charge in [-0.3, -0.25) is 57.6 Å². The first-order valence-electron chi connectivity index (χ1n) is 35.9. The maximum absolute atomic E-state index is 15.6.